The molecule has 1 aliphatic rings. The Morgan fingerprint density at radius 3 is 1.10 bits per heavy atom. The molecule has 0 saturated carbocycles. The summed E-state index contributed by atoms with van der Waals surface area (Å²) in [4.78, 5) is 13.1. The summed E-state index contributed by atoms with van der Waals surface area (Å²) < 4.78 is 11.3. The maximum Gasteiger partial charge on any atom is 0.220 e. The number of hydrogen-bond donors (Lipinski definition) is 6. The lowest BCUT2D eigenvalue weighted by Crippen LogP contribution is -2.60. The van der Waals surface area contributed by atoms with Crippen molar-refractivity contribution < 1.29 is 39.8 Å². The molecule has 87 heavy (non-hydrogen) atoms. The summed E-state index contributed by atoms with van der Waals surface area (Å²) in [6.07, 6.45) is 90.6. The van der Waals surface area contributed by atoms with E-state index in [4.69, 9.17) is 9.47 Å². The van der Waals surface area contributed by atoms with E-state index in [-0.39, 0.29) is 12.5 Å². The van der Waals surface area contributed by atoms with E-state index < -0.39 is 49.5 Å². The smallest absolute Gasteiger partial charge is 0.220 e. The molecule has 0 bridgehead atoms. The first-order chi connectivity index (χ1) is 42.8. The first kappa shape index (κ1) is 81.9. The standard InChI is InChI=1S/C78H137NO8/c1-3-5-7-9-11-13-15-17-19-21-23-25-27-28-29-30-31-32-33-34-35-36-37-38-39-40-41-42-43-44-46-48-50-52-54-56-58-60-62-64-66-68-74(82)79-71(70-86-78-77(85)76(84)75(83)73(69-80)87-78)72(81)67-65-63-61-59-57-55-53-51-49-47-45-26-24-22-20-18-16-14-12-10-8-6-4-2/h5,7,11,13,17,19,23,25,28-29,31-32,34-35,57,59,65,67,71-73,75-78,80-81,83-85H,3-4,6,8-10,12,14-16,18,20-22,24,26-27,30,33,36-56,58,60-64,66,68-70H2,1-2H3,(H,79,82)/b7-5-,13-11-,19-17-,25-23-,29-28-,32-31-,35-34-,59-57+,67-65+. The molecule has 0 spiro atoms. The molecule has 7 atom stereocenters. The summed E-state index contributed by atoms with van der Waals surface area (Å²) in [5.74, 6) is -0.184. The second-order valence-electron chi connectivity index (χ2n) is 25.0. The van der Waals surface area contributed by atoms with E-state index in [2.05, 4.69) is 116 Å². The molecule has 0 radical (unpaired) electrons. The average Bonchev–Trinajstić information content (AvgIpc) is 3.47. The lowest BCUT2D eigenvalue weighted by Gasteiger charge is -2.40. The van der Waals surface area contributed by atoms with Crippen LogP contribution in [0.15, 0.2) is 109 Å². The van der Waals surface area contributed by atoms with Gasteiger partial charge >= 0.3 is 0 Å². The van der Waals surface area contributed by atoms with Crippen molar-refractivity contribution in [3.8, 4) is 0 Å². The molecule has 0 aromatic carbocycles. The second kappa shape index (κ2) is 65.8. The summed E-state index contributed by atoms with van der Waals surface area (Å²) in [5, 5.41) is 54.8. The van der Waals surface area contributed by atoms with Crippen LogP contribution in [-0.4, -0.2) is 87.5 Å². The zero-order chi connectivity index (χ0) is 62.8. The Balaban J connectivity index is 2.10. The van der Waals surface area contributed by atoms with Crippen LogP contribution in [0.1, 0.15) is 322 Å². The molecule has 9 heteroatoms. The van der Waals surface area contributed by atoms with Crippen LogP contribution in [0.3, 0.4) is 0 Å². The van der Waals surface area contributed by atoms with Crippen molar-refractivity contribution in [2.24, 2.45) is 0 Å². The van der Waals surface area contributed by atoms with Crippen LogP contribution < -0.4 is 5.32 Å². The normalized spacial score (nSPS) is 18.6. The summed E-state index contributed by atoms with van der Waals surface area (Å²) in [6.45, 7) is 3.68. The quantitative estimate of drug-likeness (QED) is 0.0261. The number of nitrogens with one attached hydrogen (secondary N) is 1. The zero-order valence-corrected chi connectivity index (χ0v) is 56.2. The fourth-order valence-corrected chi connectivity index (χ4v) is 11.2. The van der Waals surface area contributed by atoms with E-state index in [0.29, 0.717) is 6.42 Å². The minimum Gasteiger partial charge on any atom is -0.394 e. The Hall–Kier alpha value is -3.15. The molecule has 1 aliphatic heterocycles. The number of allylic oxidation sites excluding steroid dienone is 17. The minimum absolute atomic E-state index is 0.184. The van der Waals surface area contributed by atoms with Gasteiger partial charge in [0.1, 0.15) is 24.4 Å². The van der Waals surface area contributed by atoms with Crippen molar-refractivity contribution in [3.05, 3.63) is 109 Å². The van der Waals surface area contributed by atoms with Crippen LogP contribution in [0.4, 0.5) is 0 Å². The largest absolute Gasteiger partial charge is 0.394 e. The van der Waals surface area contributed by atoms with Crippen molar-refractivity contribution in [1.82, 2.24) is 5.32 Å². The maximum absolute atomic E-state index is 13.1. The minimum atomic E-state index is -1.58. The first-order valence-corrected chi connectivity index (χ1v) is 36.6. The number of aliphatic hydroxyl groups is 5. The number of hydrogen-bond acceptors (Lipinski definition) is 8. The number of carbonyl (C=O) groups excluding carboxylic acids is 1. The molecule has 1 amide bonds. The van der Waals surface area contributed by atoms with E-state index in [1.165, 1.54) is 218 Å². The van der Waals surface area contributed by atoms with Gasteiger partial charge in [-0.05, 0) is 89.9 Å². The predicted octanol–water partition coefficient (Wildman–Crippen LogP) is 20.4. The topological polar surface area (TPSA) is 149 Å². The molecule has 502 valence electrons. The lowest BCUT2D eigenvalue weighted by atomic mass is 9.99. The summed E-state index contributed by atoms with van der Waals surface area (Å²) in [7, 11) is 0. The van der Waals surface area contributed by atoms with E-state index in [9.17, 15) is 30.3 Å². The molecule has 1 saturated heterocycles. The van der Waals surface area contributed by atoms with Gasteiger partial charge in [0, 0.05) is 6.42 Å². The van der Waals surface area contributed by atoms with E-state index >= 15 is 0 Å². The molecular formula is C78H137NO8. The third-order valence-corrected chi connectivity index (χ3v) is 16.8. The highest BCUT2D eigenvalue weighted by Crippen LogP contribution is 2.23. The van der Waals surface area contributed by atoms with Gasteiger partial charge in [-0.2, -0.15) is 0 Å². The van der Waals surface area contributed by atoms with Crippen LogP contribution in [-0.2, 0) is 14.3 Å². The molecule has 1 fully saturated rings. The van der Waals surface area contributed by atoms with Crippen LogP contribution >= 0.6 is 0 Å². The number of carbonyl (C=O) groups is 1. The third kappa shape index (κ3) is 54.3. The fraction of sp³-hybridized carbons (Fsp3) is 0.756. The molecular weight excluding hydrogens is 1080 g/mol. The number of ether oxygens (including phenoxy) is 2. The van der Waals surface area contributed by atoms with Crippen LogP contribution in [0, 0.1) is 0 Å². The van der Waals surface area contributed by atoms with Gasteiger partial charge in [-0.25, -0.2) is 0 Å². The summed E-state index contributed by atoms with van der Waals surface area (Å²) >= 11 is 0. The van der Waals surface area contributed by atoms with Crippen molar-refractivity contribution in [1.29, 1.82) is 0 Å². The lowest BCUT2D eigenvalue weighted by molar-refractivity contribution is -0.302. The summed E-state index contributed by atoms with van der Waals surface area (Å²) in [5.41, 5.74) is 0. The van der Waals surface area contributed by atoms with E-state index in [0.717, 1.165) is 83.5 Å². The Kier molecular flexibility index (Phi) is 61.9. The monoisotopic (exact) mass is 1220 g/mol. The molecule has 0 aromatic rings. The number of unbranched alkanes of at least 4 members (excludes halogenated alkanes) is 37. The SMILES string of the molecule is CC/C=C\C/C=C\C/C=C\C/C=C\C/C=C\C/C=C\C/C=C\CCCCCCCCCCCCCCCCCCCCCC(=O)NC(COC1OC(CO)C(O)C(O)C1O)C(O)/C=C/CC/C=C/CCCCCCCCCCCCCCCCCCC. The number of rotatable bonds is 63. The van der Waals surface area contributed by atoms with Gasteiger partial charge in [-0.3, -0.25) is 4.79 Å². The van der Waals surface area contributed by atoms with Gasteiger partial charge < -0.3 is 40.3 Å². The average molecular weight is 1220 g/mol. The second-order valence-corrected chi connectivity index (χ2v) is 25.0. The van der Waals surface area contributed by atoms with Crippen LogP contribution in [0.2, 0.25) is 0 Å². The third-order valence-electron chi connectivity index (χ3n) is 16.8. The van der Waals surface area contributed by atoms with Gasteiger partial charge in [0.05, 0.1) is 25.4 Å². The highest BCUT2D eigenvalue weighted by molar-refractivity contribution is 5.76. The highest BCUT2D eigenvalue weighted by atomic mass is 16.7. The fourth-order valence-electron chi connectivity index (χ4n) is 11.2. The number of aliphatic hydroxyl groups excluding tert-OH is 5. The van der Waals surface area contributed by atoms with Gasteiger partial charge in [-0.1, -0.05) is 335 Å². The molecule has 6 N–H and O–H groups in total. The Morgan fingerprint density at radius 1 is 0.402 bits per heavy atom. The molecule has 0 aliphatic carbocycles. The van der Waals surface area contributed by atoms with Crippen molar-refractivity contribution in [2.75, 3.05) is 13.2 Å². The molecule has 0 aromatic heterocycles. The first-order valence-electron chi connectivity index (χ1n) is 36.6. The van der Waals surface area contributed by atoms with E-state index in [1.54, 1.807) is 6.08 Å². The highest BCUT2D eigenvalue weighted by Gasteiger charge is 2.44. The van der Waals surface area contributed by atoms with E-state index in [1.807, 2.05) is 6.08 Å². The number of amides is 1. The van der Waals surface area contributed by atoms with Crippen molar-refractivity contribution >= 4 is 5.91 Å². The molecule has 1 heterocycles. The van der Waals surface area contributed by atoms with Crippen molar-refractivity contribution in [2.45, 2.75) is 365 Å². The van der Waals surface area contributed by atoms with Gasteiger partial charge in [0.15, 0.2) is 6.29 Å². The molecule has 1 rings (SSSR count). The Labute approximate surface area is 536 Å². The molecule has 7 unspecified atom stereocenters. The van der Waals surface area contributed by atoms with Gasteiger partial charge in [0.25, 0.3) is 0 Å². The Morgan fingerprint density at radius 2 is 0.724 bits per heavy atom. The zero-order valence-electron chi connectivity index (χ0n) is 56.2. The van der Waals surface area contributed by atoms with Gasteiger partial charge in [0.2, 0.25) is 5.91 Å². The summed E-state index contributed by atoms with van der Waals surface area (Å²) in [6, 6.07) is -0.827. The molecule has 9 nitrogen and oxygen atoms in total. The van der Waals surface area contributed by atoms with Gasteiger partial charge in [-0.15, -0.1) is 0 Å². The maximum atomic E-state index is 13.1. The van der Waals surface area contributed by atoms with Crippen LogP contribution in [0.5, 0.6) is 0 Å². The van der Waals surface area contributed by atoms with Crippen molar-refractivity contribution in [3.63, 3.8) is 0 Å². The Bertz CT molecular complexity index is 1750. The van der Waals surface area contributed by atoms with Crippen LogP contribution in [0.25, 0.3) is 0 Å². The predicted molar refractivity (Wildman–Crippen MR) is 373 cm³/mol.